The molecule has 0 bridgehead atoms. The van der Waals surface area contributed by atoms with Crippen molar-refractivity contribution in [2.75, 3.05) is 10.7 Å². The van der Waals surface area contributed by atoms with E-state index in [1.807, 2.05) is 0 Å². The Morgan fingerprint density at radius 2 is 1.63 bits per heavy atom. The minimum atomic E-state index is -4.47. The van der Waals surface area contributed by atoms with E-state index in [1.165, 1.54) is 12.1 Å². The third-order valence-corrected chi connectivity index (χ3v) is 4.37. The number of benzene rings is 2. The van der Waals surface area contributed by atoms with Crippen LogP contribution in [0.3, 0.4) is 0 Å². The fraction of sp³-hybridized carbons (Fsp3) is 0.150. The highest BCUT2D eigenvalue weighted by Crippen LogP contribution is 2.32. The number of nitrogens with one attached hydrogen (secondary N) is 2. The summed E-state index contributed by atoms with van der Waals surface area (Å²) in [7, 11) is 0. The molecule has 2 amide bonds. The maximum Gasteiger partial charge on any atom is 0.416 e. The highest BCUT2D eigenvalue weighted by Gasteiger charge is 2.33. The first kappa shape index (κ1) is 20.9. The summed E-state index contributed by atoms with van der Waals surface area (Å²) in [6, 6.07) is 10.4. The van der Waals surface area contributed by atoms with Gasteiger partial charge in [0, 0.05) is 16.9 Å². The number of amides is 2. The van der Waals surface area contributed by atoms with Gasteiger partial charge in [-0.05, 0) is 62.4 Å². The van der Waals surface area contributed by atoms with E-state index < -0.39 is 23.6 Å². The summed E-state index contributed by atoms with van der Waals surface area (Å²) in [5.41, 5.74) is 11.9. The molecule has 2 aromatic carbocycles. The van der Waals surface area contributed by atoms with Gasteiger partial charge < -0.3 is 11.2 Å². The second-order valence-corrected chi connectivity index (χ2v) is 6.55. The average molecular weight is 417 g/mol. The van der Waals surface area contributed by atoms with Crippen molar-refractivity contribution in [1.29, 1.82) is 0 Å². The molecule has 0 saturated heterocycles. The van der Waals surface area contributed by atoms with Crippen LogP contribution in [-0.2, 0) is 11.0 Å². The quantitative estimate of drug-likeness (QED) is 0.404. The van der Waals surface area contributed by atoms with Gasteiger partial charge in [0.15, 0.2) is 0 Å². The first-order valence-corrected chi connectivity index (χ1v) is 8.78. The molecule has 30 heavy (non-hydrogen) atoms. The number of alkyl halides is 3. The van der Waals surface area contributed by atoms with Crippen LogP contribution in [0.15, 0.2) is 64.9 Å². The number of hydrazone groups is 1. The van der Waals surface area contributed by atoms with Gasteiger partial charge in [-0.3, -0.25) is 15.0 Å². The van der Waals surface area contributed by atoms with E-state index in [4.69, 9.17) is 5.73 Å². The fourth-order valence-corrected chi connectivity index (χ4v) is 2.82. The second-order valence-electron chi connectivity index (χ2n) is 6.55. The smallest absolute Gasteiger partial charge is 0.399 e. The van der Waals surface area contributed by atoms with Gasteiger partial charge in [0.1, 0.15) is 0 Å². The molecule has 0 atom stereocenters. The van der Waals surface area contributed by atoms with Crippen LogP contribution in [0, 0.1) is 0 Å². The van der Waals surface area contributed by atoms with E-state index in [-0.39, 0.29) is 11.3 Å². The zero-order chi connectivity index (χ0) is 22.1. The predicted octanol–water partition coefficient (Wildman–Crippen LogP) is 3.22. The number of hydrogen-bond acceptors (Lipinski definition) is 5. The molecule has 1 heterocycles. The zero-order valence-corrected chi connectivity index (χ0v) is 16.0. The summed E-state index contributed by atoms with van der Waals surface area (Å²) < 4.78 is 38.2. The molecule has 0 radical (unpaired) electrons. The molecule has 10 heteroatoms. The van der Waals surface area contributed by atoms with Crippen LogP contribution in [0.5, 0.6) is 0 Å². The molecule has 0 aromatic heterocycles. The van der Waals surface area contributed by atoms with E-state index in [1.54, 1.807) is 38.1 Å². The molecular weight excluding hydrogens is 399 g/mol. The molecular formula is C20H18F3N5O2. The van der Waals surface area contributed by atoms with Gasteiger partial charge in [-0.25, -0.2) is 0 Å². The normalized spacial score (nSPS) is 15.7. The molecule has 3 rings (SSSR count). The van der Waals surface area contributed by atoms with Crippen molar-refractivity contribution in [2.45, 2.75) is 20.0 Å². The van der Waals surface area contributed by atoms with E-state index in [2.05, 4.69) is 16.0 Å². The van der Waals surface area contributed by atoms with Crippen molar-refractivity contribution in [1.82, 2.24) is 10.9 Å². The number of nitrogen functional groups attached to an aromatic ring is 1. The Balaban J connectivity index is 1.74. The van der Waals surface area contributed by atoms with Crippen LogP contribution in [-0.4, -0.2) is 17.5 Å². The topological polar surface area (TPSA) is 99.8 Å². The van der Waals surface area contributed by atoms with Gasteiger partial charge in [-0.1, -0.05) is 0 Å². The van der Waals surface area contributed by atoms with Crippen molar-refractivity contribution >= 4 is 28.9 Å². The van der Waals surface area contributed by atoms with Crippen molar-refractivity contribution in [3.8, 4) is 0 Å². The van der Waals surface area contributed by atoms with Crippen LogP contribution in [0.2, 0.25) is 0 Å². The summed E-state index contributed by atoms with van der Waals surface area (Å²) in [6.45, 7) is 3.16. The monoisotopic (exact) mass is 417 g/mol. The number of anilines is 2. The number of halogens is 3. The first-order valence-electron chi connectivity index (χ1n) is 8.78. The maximum absolute atomic E-state index is 12.8. The molecule has 1 aliphatic heterocycles. The van der Waals surface area contributed by atoms with Crippen molar-refractivity contribution < 1.29 is 22.8 Å². The number of allylic oxidation sites excluding steroid dienone is 1. The van der Waals surface area contributed by atoms with E-state index in [0.29, 0.717) is 22.7 Å². The Kier molecular flexibility index (Phi) is 5.50. The van der Waals surface area contributed by atoms with Crippen molar-refractivity contribution in [2.24, 2.45) is 5.10 Å². The molecule has 0 saturated carbocycles. The molecule has 0 fully saturated rings. The minimum Gasteiger partial charge on any atom is -0.399 e. The highest BCUT2D eigenvalue weighted by molar-refractivity contribution is 6.30. The van der Waals surface area contributed by atoms with E-state index >= 15 is 0 Å². The lowest BCUT2D eigenvalue weighted by molar-refractivity contribution is -0.137. The molecule has 0 spiro atoms. The van der Waals surface area contributed by atoms with Crippen LogP contribution in [0.25, 0.3) is 0 Å². The Labute approximate surface area is 170 Å². The molecule has 0 unspecified atom stereocenters. The first-order chi connectivity index (χ1) is 14.1. The van der Waals surface area contributed by atoms with Crippen LogP contribution >= 0.6 is 0 Å². The predicted molar refractivity (Wildman–Crippen MR) is 106 cm³/mol. The number of hydrogen-bond donors (Lipinski definition) is 3. The standard InChI is InChI=1S/C20H18F3N5O2/c1-11(25-26-18(29)13-3-7-15(24)8-4-13)17-12(2)27-28(19(17)30)16-9-5-14(6-10-16)20(21,22)23/h3-10,25H,24H2,1-2H3,(H,26,29)/b17-11-. The molecule has 7 nitrogen and oxygen atoms in total. The molecule has 0 aliphatic carbocycles. The molecule has 2 aromatic rings. The van der Waals surface area contributed by atoms with Gasteiger partial charge in [0.25, 0.3) is 11.8 Å². The number of hydrazine groups is 1. The third-order valence-electron chi connectivity index (χ3n) is 4.37. The zero-order valence-electron chi connectivity index (χ0n) is 16.0. The lowest BCUT2D eigenvalue weighted by Gasteiger charge is -2.14. The number of nitrogens with two attached hydrogens (primary N) is 1. The Morgan fingerprint density at radius 3 is 2.20 bits per heavy atom. The lowest BCUT2D eigenvalue weighted by Crippen LogP contribution is -2.37. The fourth-order valence-electron chi connectivity index (χ4n) is 2.82. The maximum atomic E-state index is 12.8. The Hall–Kier alpha value is -3.82. The number of nitrogens with zero attached hydrogens (tertiary/aromatic N) is 2. The number of carbonyl (C=O) groups excluding carboxylic acids is 2. The van der Waals surface area contributed by atoms with Crippen LogP contribution in [0.4, 0.5) is 24.5 Å². The molecule has 1 aliphatic rings. The molecule has 4 N–H and O–H groups in total. The summed E-state index contributed by atoms with van der Waals surface area (Å²) >= 11 is 0. The number of carbonyl (C=O) groups is 2. The number of rotatable bonds is 4. The second kappa shape index (κ2) is 7.90. The summed E-state index contributed by atoms with van der Waals surface area (Å²) in [4.78, 5) is 24.9. The molecule has 156 valence electrons. The Morgan fingerprint density at radius 1 is 1.03 bits per heavy atom. The van der Waals surface area contributed by atoms with Crippen molar-refractivity contribution in [3.05, 3.63) is 70.9 Å². The summed E-state index contributed by atoms with van der Waals surface area (Å²) in [5.74, 6) is -0.964. The Bertz CT molecular complexity index is 1040. The van der Waals surface area contributed by atoms with Gasteiger partial charge in [0.2, 0.25) is 0 Å². The average Bonchev–Trinajstić information content (AvgIpc) is 3.00. The van der Waals surface area contributed by atoms with Crippen molar-refractivity contribution in [3.63, 3.8) is 0 Å². The van der Waals surface area contributed by atoms with Crippen LogP contribution in [0.1, 0.15) is 29.8 Å². The van der Waals surface area contributed by atoms with E-state index in [9.17, 15) is 22.8 Å². The lowest BCUT2D eigenvalue weighted by atomic mass is 10.1. The van der Waals surface area contributed by atoms with Gasteiger partial charge in [0.05, 0.1) is 22.5 Å². The summed E-state index contributed by atoms with van der Waals surface area (Å²) in [6.07, 6.45) is -4.47. The van der Waals surface area contributed by atoms with Crippen LogP contribution < -0.4 is 21.6 Å². The minimum absolute atomic E-state index is 0.195. The van der Waals surface area contributed by atoms with E-state index in [0.717, 1.165) is 17.1 Å². The highest BCUT2D eigenvalue weighted by atomic mass is 19.4. The van der Waals surface area contributed by atoms with Gasteiger partial charge in [-0.2, -0.15) is 23.3 Å². The van der Waals surface area contributed by atoms with Gasteiger partial charge in [-0.15, -0.1) is 0 Å². The van der Waals surface area contributed by atoms with Gasteiger partial charge >= 0.3 is 6.18 Å². The SMILES string of the molecule is CC1=NN(c2ccc(C(F)(F)F)cc2)C(=O)/C1=C(/C)NNC(=O)c1ccc(N)cc1. The summed E-state index contributed by atoms with van der Waals surface area (Å²) in [5, 5.41) is 5.14. The third kappa shape index (κ3) is 4.27. The largest absolute Gasteiger partial charge is 0.416 e.